The molecule has 4 N–H and O–H groups in total. The molecule has 7 heteroatoms. The van der Waals surface area contributed by atoms with Crippen LogP contribution in [-0.4, -0.2) is 51.9 Å². The van der Waals surface area contributed by atoms with Gasteiger partial charge in [0.1, 0.15) is 6.04 Å². The predicted octanol–water partition coefficient (Wildman–Crippen LogP) is 0.629. The van der Waals surface area contributed by atoms with Crippen molar-refractivity contribution in [1.82, 2.24) is 20.2 Å². The van der Waals surface area contributed by atoms with Crippen molar-refractivity contribution in [3.63, 3.8) is 0 Å². The molecule has 0 aliphatic carbocycles. The first-order chi connectivity index (χ1) is 12.6. The second kappa shape index (κ2) is 8.62. The predicted molar refractivity (Wildman–Crippen MR) is 98.2 cm³/mol. The average molecular weight is 355 g/mol. The Labute approximate surface area is 153 Å². The van der Waals surface area contributed by atoms with Gasteiger partial charge in [-0.1, -0.05) is 30.3 Å². The lowest BCUT2D eigenvalue weighted by molar-refractivity contribution is -0.139. The van der Waals surface area contributed by atoms with Crippen LogP contribution in [0.1, 0.15) is 24.1 Å². The molecule has 1 fully saturated rings. The summed E-state index contributed by atoms with van der Waals surface area (Å²) >= 11 is 0. The van der Waals surface area contributed by atoms with Gasteiger partial charge in [-0.05, 0) is 24.8 Å². The van der Waals surface area contributed by atoms with E-state index in [4.69, 9.17) is 5.73 Å². The molecule has 1 aromatic carbocycles. The van der Waals surface area contributed by atoms with Crippen LogP contribution in [0.4, 0.5) is 0 Å². The van der Waals surface area contributed by atoms with Gasteiger partial charge in [0, 0.05) is 31.4 Å². The van der Waals surface area contributed by atoms with Gasteiger partial charge in [-0.25, -0.2) is 4.98 Å². The van der Waals surface area contributed by atoms with E-state index in [0.29, 0.717) is 32.4 Å². The van der Waals surface area contributed by atoms with Crippen molar-refractivity contribution in [3.8, 4) is 0 Å². The number of likely N-dealkylation sites (tertiary alicyclic amines) is 1. The highest BCUT2D eigenvalue weighted by Gasteiger charge is 2.35. The summed E-state index contributed by atoms with van der Waals surface area (Å²) in [6.07, 6.45) is 6.01. The molecule has 2 aromatic rings. The van der Waals surface area contributed by atoms with Gasteiger partial charge in [0.05, 0.1) is 12.4 Å². The number of nitrogens with one attached hydrogen (secondary N) is 2. The van der Waals surface area contributed by atoms with Gasteiger partial charge in [-0.2, -0.15) is 0 Å². The highest BCUT2D eigenvalue weighted by Crippen LogP contribution is 2.19. The number of carbonyl (C=O) groups excluding carboxylic acids is 2. The van der Waals surface area contributed by atoms with E-state index in [1.54, 1.807) is 17.4 Å². The minimum atomic E-state index is -0.629. The van der Waals surface area contributed by atoms with E-state index in [9.17, 15) is 9.59 Å². The zero-order chi connectivity index (χ0) is 18.4. The molecule has 3 rings (SSSR count). The van der Waals surface area contributed by atoms with Gasteiger partial charge in [0.15, 0.2) is 0 Å². The highest BCUT2D eigenvalue weighted by atomic mass is 16.2. The van der Waals surface area contributed by atoms with Crippen LogP contribution in [0.2, 0.25) is 0 Å². The molecule has 1 aliphatic heterocycles. The fourth-order valence-electron chi connectivity index (χ4n) is 3.33. The average Bonchev–Trinajstić information content (AvgIpc) is 3.33. The lowest BCUT2D eigenvalue weighted by atomic mass is 10.1. The summed E-state index contributed by atoms with van der Waals surface area (Å²) in [7, 11) is 0. The first kappa shape index (κ1) is 18.1. The Hall–Kier alpha value is -2.67. The summed E-state index contributed by atoms with van der Waals surface area (Å²) in [5.41, 5.74) is 8.11. The van der Waals surface area contributed by atoms with E-state index in [-0.39, 0.29) is 11.8 Å². The van der Waals surface area contributed by atoms with Crippen LogP contribution in [0.25, 0.3) is 0 Å². The molecule has 0 saturated carbocycles. The van der Waals surface area contributed by atoms with Crippen molar-refractivity contribution in [2.45, 2.75) is 37.8 Å². The molecular formula is C19H25N5O2. The van der Waals surface area contributed by atoms with Gasteiger partial charge >= 0.3 is 0 Å². The zero-order valence-corrected chi connectivity index (χ0v) is 14.7. The number of imidazole rings is 1. The summed E-state index contributed by atoms with van der Waals surface area (Å²) in [4.78, 5) is 33.8. The maximum Gasteiger partial charge on any atom is 0.242 e. The molecule has 2 heterocycles. The molecule has 1 aliphatic rings. The quantitative estimate of drug-likeness (QED) is 0.677. The van der Waals surface area contributed by atoms with Crippen molar-refractivity contribution >= 4 is 11.8 Å². The maximum absolute atomic E-state index is 12.7. The highest BCUT2D eigenvalue weighted by molar-refractivity contribution is 5.90. The molecule has 2 amide bonds. The number of H-pyrrole nitrogens is 1. The lowest BCUT2D eigenvalue weighted by Gasteiger charge is -2.26. The second-order valence-electron chi connectivity index (χ2n) is 6.60. The number of aromatic nitrogens is 2. The van der Waals surface area contributed by atoms with Gasteiger partial charge < -0.3 is 20.9 Å². The van der Waals surface area contributed by atoms with E-state index < -0.39 is 12.1 Å². The number of nitrogens with zero attached hydrogens (tertiary/aromatic N) is 2. The molecule has 26 heavy (non-hydrogen) atoms. The second-order valence-corrected chi connectivity index (χ2v) is 6.60. The van der Waals surface area contributed by atoms with E-state index in [2.05, 4.69) is 15.3 Å². The van der Waals surface area contributed by atoms with Crippen molar-refractivity contribution < 1.29 is 9.59 Å². The third-order valence-electron chi connectivity index (χ3n) is 4.70. The minimum Gasteiger partial charge on any atom is -0.354 e. The number of nitrogens with two attached hydrogens (primary N) is 1. The lowest BCUT2D eigenvalue weighted by Crippen LogP contribution is -2.52. The molecule has 1 aromatic heterocycles. The minimum absolute atomic E-state index is 0.109. The first-order valence-electron chi connectivity index (χ1n) is 9.00. The van der Waals surface area contributed by atoms with Crippen LogP contribution < -0.4 is 11.1 Å². The largest absolute Gasteiger partial charge is 0.354 e. The molecule has 0 bridgehead atoms. The fraction of sp³-hybridized carbons (Fsp3) is 0.421. The van der Waals surface area contributed by atoms with E-state index >= 15 is 0 Å². The van der Waals surface area contributed by atoms with Gasteiger partial charge in [-0.3, -0.25) is 9.59 Å². The summed E-state index contributed by atoms with van der Waals surface area (Å²) in [5.74, 6) is -0.262. The van der Waals surface area contributed by atoms with Crippen LogP contribution in [-0.2, 0) is 22.4 Å². The summed E-state index contributed by atoms with van der Waals surface area (Å²) in [6.45, 7) is 1.09. The van der Waals surface area contributed by atoms with Crippen LogP contribution in [0, 0.1) is 0 Å². The summed E-state index contributed by atoms with van der Waals surface area (Å²) in [6, 6.07) is 8.65. The smallest absolute Gasteiger partial charge is 0.242 e. The van der Waals surface area contributed by atoms with Crippen LogP contribution in [0.3, 0.4) is 0 Å². The van der Waals surface area contributed by atoms with Gasteiger partial charge in [0.2, 0.25) is 11.8 Å². The Morgan fingerprint density at radius 2 is 2.15 bits per heavy atom. The summed E-state index contributed by atoms with van der Waals surface area (Å²) < 4.78 is 0. The van der Waals surface area contributed by atoms with Crippen molar-refractivity contribution in [1.29, 1.82) is 0 Å². The van der Waals surface area contributed by atoms with E-state index in [0.717, 1.165) is 17.7 Å². The Morgan fingerprint density at radius 3 is 2.88 bits per heavy atom. The molecule has 0 unspecified atom stereocenters. The molecule has 7 nitrogen and oxygen atoms in total. The topological polar surface area (TPSA) is 104 Å². The monoisotopic (exact) mass is 355 g/mol. The number of benzene rings is 1. The third kappa shape index (κ3) is 4.49. The number of amides is 2. The SMILES string of the molecule is N[C@H](Cc1ccccc1)C(=O)N1CCC[C@H]1C(=O)NCCc1cnc[nH]1. The Balaban J connectivity index is 1.52. The third-order valence-corrected chi connectivity index (χ3v) is 4.70. The molecular weight excluding hydrogens is 330 g/mol. The Morgan fingerprint density at radius 1 is 1.35 bits per heavy atom. The number of aromatic amines is 1. The van der Waals surface area contributed by atoms with Gasteiger partial charge in [0.25, 0.3) is 0 Å². The summed E-state index contributed by atoms with van der Waals surface area (Å²) in [5, 5.41) is 2.91. The number of hydrogen-bond acceptors (Lipinski definition) is 4. The molecule has 0 spiro atoms. The Kier molecular flexibility index (Phi) is 6.01. The standard InChI is InChI=1S/C19H25N5O2/c20-16(11-14-5-2-1-3-6-14)19(26)24-10-4-7-17(24)18(25)22-9-8-15-12-21-13-23-15/h1-3,5-6,12-13,16-17H,4,7-11,20H2,(H,21,23)(H,22,25)/t16-,17+/m1/s1. The number of rotatable bonds is 7. The molecule has 0 radical (unpaired) electrons. The van der Waals surface area contributed by atoms with Crippen molar-refractivity contribution in [2.24, 2.45) is 5.73 Å². The maximum atomic E-state index is 12.7. The fourth-order valence-corrected chi connectivity index (χ4v) is 3.33. The van der Waals surface area contributed by atoms with Crippen LogP contribution in [0.5, 0.6) is 0 Å². The molecule has 138 valence electrons. The van der Waals surface area contributed by atoms with Crippen molar-refractivity contribution in [2.75, 3.05) is 13.1 Å². The first-order valence-corrected chi connectivity index (χ1v) is 9.00. The molecule has 2 atom stereocenters. The number of carbonyl (C=O) groups is 2. The van der Waals surface area contributed by atoms with Crippen LogP contribution in [0.15, 0.2) is 42.9 Å². The normalized spacial score (nSPS) is 17.9. The van der Waals surface area contributed by atoms with Crippen molar-refractivity contribution in [3.05, 3.63) is 54.1 Å². The van der Waals surface area contributed by atoms with Gasteiger partial charge in [-0.15, -0.1) is 0 Å². The van der Waals surface area contributed by atoms with Crippen LogP contribution >= 0.6 is 0 Å². The van der Waals surface area contributed by atoms with E-state index in [1.807, 2.05) is 30.3 Å². The molecule has 1 saturated heterocycles. The van der Waals surface area contributed by atoms with E-state index in [1.165, 1.54) is 0 Å². The zero-order valence-electron chi connectivity index (χ0n) is 14.7. The Bertz CT molecular complexity index is 717. The number of hydrogen-bond donors (Lipinski definition) is 3.